The van der Waals surface area contributed by atoms with E-state index in [1.807, 2.05) is 13.8 Å². The van der Waals surface area contributed by atoms with Crippen molar-refractivity contribution >= 4 is 34.9 Å². The van der Waals surface area contributed by atoms with E-state index in [-0.39, 0.29) is 6.04 Å². The Bertz CT molecular complexity index is 835. The molecule has 2 N–H and O–H groups in total. The summed E-state index contributed by atoms with van der Waals surface area (Å²) in [5.74, 6) is -0.235. The van der Waals surface area contributed by atoms with Crippen LogP contribution in [0.4, 0.5) is 11.5 Å². The van der Waals surface area contributed by atoms with Gasteiger partial charge in [0.05, 0.1) is 17.9 Å². The molecule has 1 aliphatic rings. The number of nitrogens with one attached hydrogen (secondary N) is 2. The Morgan fingerprint density at radius 1 is 1.48 bits per heavy atom. The van der Waals surface area contributed by atoms with Crippen molar-refractivity contribution in [3.63, 3.8) is 0 Å². The number of rotatable bonds is 4. The van der Waals surface area contributed by atoms with E-state index in [1.165, 1.54) is 6.92 Å². The van der Waals surface area contributed by atoms with Gasteiger partial charge in [0.25, 0.3) is 17.4 Å². The first-order valence-electron chi connectivity index (χ1n) is 8.00. The summed E-state index contributed by atoms with van der Waals surface area (Å²) in [6.45, 7) is 5.45. The standard InChI is InChI=1S/C17H19ClN4O3/c1-4-10(2)22-14(7-8-19-22)21-16(24)17(3)15(23)20-12-9-11(18)5-6-13(12)25-17/h5-10H,4H2,1-3H3,(H,20,23)(H,21,24). The van der Waals surface area contributed by atoms with Crippen LogP contribution < -0.4 is 15.4 Å². The van der Waals surface area contributed by atoms with Crippen molar-refractivity contribution in [2.45, 2.75) is 38.8 Å². The molecule has 2 atom stereocenters. The van der Waals surface area contributed by atoms with Crippen LogP contribution in [0.3, 0.4) is 0 Å². The fourth-order valence-electron chi connectivity index (χ4n) is 2.52. The molecule has 0 aliphatic carbocycles. The van der Waals surface area contributed by atoms with Gasteiger partial charge in [0.2, 0.25) is 0 Å². The second kappa shape index (κ2) is 6.40. The van der Waals surface area contributed by atoms with Crippen molar-refractivity contribution in [1.82, 2.24) is 9.78 Å². The van der Waals surface area contributed by atoms with Crippen LogP contribution in [0.25, 0.3) is 0 Å². The van der Waals surface area contributed by atoms with Crippen LogP contribution in [0, 0.1) is 0 Å². The minimum absolute atomic E-state index is 0.113. The Morgan fingerprint density at radius 3 is 2.96 bits per heavy atom. The molecule has 0 radical (unpaired) electrons. The molecule has 0 saturated heterocycles. The zero-order chi connectivity index (χ0) is 18.2. The van der Waals surface area contributed by atoms with Crippen LogP contribution in [0.1, 0.15) is 33.2 Å². The highest BCUT2D eigenvalue weighted by molar-refractivity contribution is 6.31. The smallest absolute Gasteiger partial charge is 0.279 e. The van der Waals surface area contributed by atoms with E-state index in [9.17, 15) is 9.59 Å². The number of anilines is 2. The van der Waals surface area contributed by atoms with Gasteiger partial charge >= 0.3 is 0 Å². The minimum atomic E-state index is -1.70. The molecular weight excluding hydrogens is 344 g/mol. The van der Waals surface area contributed by atoms with Crippen LogP contribution in [-0.2, 0) is 9.59 Å². The monoisotopic (exact) mass is 362 g/mol. The third-order valence-electron chi connectivity index (χ3n) is 4.29. The van der Waals surface area contributed by atoms with Gasteiger partial charge in [-0.3, -0.25) is 9.59 Å². The first-order chi connectivity index (χ1) is 11.8. The largest absolute Gasteiger partial charge is 0.466 e. The Labute approximate surface area is 150 Å². The van der Waals surface area contributed by atoms with Gasteiger partial charge in [0, 0.05) is 11.1 Å². The number of hydrogen-bond donors (Lipinski definition) is 2. The lowest BCUT2D eigenvalue weighted by atomic mass is 10.0. The van der Waals surface area contributed by atoms with Crippen molar-refractivity contribution in [2.24, 2.45) is 0 Å². The maximum absolute atomic E-state index is 12.8. The summed E-state index contributed by atoms with van der Waals surface area (Å²) >= 11 is 5.92. The Kier molecular flexibility index (Phi) is 4.43. The van der Waals surface area contributed by atoms with E-state index in [2.05, 4.69) is 15.7 Å². The van der Waals surface area contributed by atoms with Gasteiger partial charge in [-0.25, -0.2) is 4.68 Å². The van der Waals surface area contributed by atoms with Crippen molar-refractivity contribution in [1.29, 1.82) is 0 Å². The van der Waals surface area contributed by atoms with E-state index >= 15 is 0 Å². The summed E-state index contributed by atoms with van der Waals surface area (Å²) in [5.41, 5.74) is -1.27. The van der Waals surface area contributed by atoms with Crippen molar-refractivity contribution < 1.29 is 14.3 Å². The first-order valence-corrected chi connectivity index (χ1v) is 8.38. The Balaban J connectivity index is 1.86. The lowest BCUT2D eigenvalue weighted by Crippen LogP contribution is -2.56. The van der Waals surface area contributed by atoms with Gasteiger partial charge in [0.1, 0.15) is 11.6 Å². The second-order valence-corrected chi connectivity index (χ2v) is 6.54. The molecule has 2 unspecified atom stereocenters. The summed E-state index contributed by atoms with van der Waals surface area (Å²) in [6, 6.07) is 6.62. The average molecular weight is 363 g/mol. The third-order valence-corrected chi connectivity index (χ3v) is 4.53. The molecule has 25 heavy (non-hydrogen) atoms. The SMILES string of the molecule is CCC(C)n1nccc1NC(=O)C1(C)Oc2ccc(Cl)cc2NC1=O. The van der Waals surface area contributed by atoms with Crippen LogP contribution in [0.2, 0.25) is 5.02 Å². The number of aromatic nitrogens is 2. The molecule has 1 aliphatic heterocycles. The number of halogens is 1. The lowest BCUT2D eigenvalue weighted by Gasteiger charge is -2.33. The molecule has 2 amide bonds. The maximum atomic E-state index is 12.8. The summed E-state index contributed by atoms with van der Waals surface area (Å²) in [6.07, 6.45) is 2.45. The Morgan fingerprint density at radius 2 is 2.24 bits per heavy atom. The molecule has 1 aromatic heterocycles. The topological polar surface area (TPSA) is 85.2 Å². The summed E-state index contributed by atoms with van der Waals surface area (Å²) in [4.78, 5) is 25.2. The van der Waals surface area contributed by atoms with Gasteiger partial charge < -0.3 is 15.4 Å². The fourth-order valence-corrected chi connectivity index (χ4v) is 2.69. The number of fused-ring (bicyclic) bond motifs is 1. The highest BCUT2D eigenvalue weighted by atomic mass is 35.5. The van der Waals surface area contributed by atoms with Gasteiger partial charge in [0.15, 0.2) is 0 Å². The van der Waals surface area contributed by atoms with Gasteiger partial charge in [-0.15, -0.1) is 0 Å². The molecule has 132 valence electrons. The van der Waals surface area contributed by atoms with Crippen LogP contribution in [0.15, 0.2) is 30.5 Å². The Hall–Kier alpha value is -2.54. The second-order valence-electron chi connectivity index (χ2n) is 6.10. The van der Waals surface area contributed by atoms with Gasteiger partial charge in [-0.1, -0.05) is 18.5 Å². The molecule has 1 aromatic carbocycles. The number of ether oxygens (including phenoxy) is 1. The highest BCUT2D eigenvalue weighted by Crippen LogP contribution is 2.36. The quantitative estimate of drug-likeness (QED) is 0.817. The number of carbonyl (C=O) groups is 2. The third kappa shape index (κ3) is 3.07. The van der Waals surface area contributed by atoms with E-state index in [4.69, 9.17) is 16.3 Å². The summed E-state index contributed by atoms with van der Waals surface area (Å²) in [5, 5.41) is 10.1. The van der Waals surface area contributed by atoms with E-state index < -0.39 is 17.4 Å². The summed E-state index contributed by atoms with van der Waals surface area (Å²) < 4.78 is 7.42. The number of carbonyl (C=O) groups excluding carboxylic acids is 2. The molecule has 0 fully saturated rings. The van der Waals surface area contributed by atoms with Crippen molar-refractivity contribution in [3.05, 3.63) is 35.5 Å². The number of hydrogen-bond acceptors (Lipinski definition) is 4. The number of nitrogens with zero attached hydrogens (tertiary/aromatic N) is 2. The molecule has 0 bridgehead atoms. The molecule has 2 heterocycles. The van der Waals surface area contributed by atoms with Gasteiger partial charge in [-0.2, -0.15) is 5.10 Å². The molecule has 0 spiro atoms. The molecule has 3 rings (SSSR count). The molecule has 8 heteroatoms. The van der Waals surface area contributed by atoms with E-state index in [0.717, 1.165) is 6.42 Å². The highest BCUT2D eigenvalue weighted by Gasteiger charge is 2.47. The summed E-state index contributed by atoms with van der Waals surface area (Å²) in [7, 11) is 0. The molecule has 2 aromatic rings. The maximum Gasteiger partial charge on any atom is 0.279 e. The van der Waals surface area contributed by atoms with Crippen molar-refractivity contribution in [2.75, 3.05) is 10.6 Å². The van der Waals surface area contributed by atoms with E-state index in [0.29, 0.717) is 22.3 Å². The predicted octanol–water partition coefficient (Wildman–Crippen LogP) is 3.24. The van der Waals surface area contributed by atoms with E-state index in [1.54, 1.807) is 35.1 Å². The van der Waals surface area contributed by atoms with Crippen LogP contribution in [0.5, 0.6) is 5.75 Å². The zero-order valence-corrected chi connectivity index (χ0v) is 14.9. The normalized spacial score (nSPS) is 20.2. The van der Waals surface area contributed by atoms with Crippen LogP contribution >= 0.6 is 11.6 Å². The minimum Gasteiger partial charge on any atom is -0.466 e. The average Bonchev–Trinajstić information content (AvgIpc) is 3.03. The molecule has 0 saturated carbocycles. The molecular formula is C17H19ClN4O3. The van der Waals surface area contributed by atoms with Gasteiger partial charge in [-0.05, 0) is 38.5 Å². The number of amides is 2. The van der Waals surface area contributed by atoms with Crippen molar-refractivity contribution in [3.8, 4) is 5.75 Å². The predicted molar refractivity (Wildman–Crippen MR) is 95.0 cm³/mol. The molecule has 7 nitrogen and oxygen atoms in total. The van der Waals surface area contributed by atoms with Crippen LogP contribution in [-0.4, -0.2) is 27.2 Å². The number of benzene rings is 1. The fraction of sp³-hybridized carbons (Fsp3) is 0.353. The lowest BCUT2D eigenvalue weighted by molar-refractivity contribution is -0.143. The first kappa shape index (κ1) is 17.3. The zero-order valence-electron chi connectivity index (χ0n) is 14.2.